The van der Waals surface area contributed by atoms with E-state index in [1.807, 2.05) is 38.1 Å². The number of nitrogens with zero attached hydrogens (tertiary/aromatic N) is 2. The number of carbonyl (C=O) groups is 1. The van der Waals surface area contributed by atoms with Crippen LogP contribution in [0.4, 0.5) is 0 Å². The van der Waals surface area contributed by atoms with Gasteiger partial charge in [-0.25, -0.2) is 4.98 Å². The van der Waals surface area contributed by atoms with Crippen molar-refractivity contribution in [1.29, 1.82) is 0 Å². The van der Waals surface area contributed by atoms with Crippen molar-refractivity contribution in [3.8, 4) is 0 Å². The molecule has 0 saturated carbocycles. The van der Waals surface area contributed by atoms with Gasteiger partial charge in [0.15, 0.2) is 0 Å². The lowest BCUT2D eigenvalue weighted by Gasteiger charge is -2.10. The molecule has 1 amide bonds. The summed E-state index contributed by atoms with van der Waals surface area (Å²) in [4.78, 5) is 23.9. The van der Waals surface area contributed by atoms with Crippen LogP contribution < -0.4 is 5.32 Å². The summed E-state index contributed by atoms with van der Waals surface area (Å²) in [7, 11) is 0. The van der Waals surface area contributed by atoms with Gasteiger partial charge in [-0.05, 0) is 25.1 Å². The van der Waals surface area contributed by atoms with E-state index in [9.17, 15) is 4.79 Å². The van der Waals surface area contributed by atoms with Crippen molar-refractivity contribution in [3.63, 3.8) is 0 Å². The molecule has 1 unspecified atom stereocenters. The largest absolute Gasteiger partial charge is 0.351 e. The number of pyridine rings is 1. The predicted octanol–water partition coefficient (Wildman–Crippen LogP) is 2.80. The van der Waals surface area contributed by atoms with E-state index in [1.165, 1.54) is 0 Å². The van der Waals surface area contributed by atoms with Gasteiger partial charge in [0.25, 0.3) is 5.91 Å². The van der Waals surface area contributed by atoms with Crippen LogP contribution in [0.3, 0.4) is 0 Å². The highest BCUT2D eigenvalue weighted by Crippen LogP contribution is 2.15. The van der Waals surface area contributed by atoms with Gasteiger partial charge in [-0.2, -0.15) is 0 Å². The Hall–Kier alpha value is -2.69. The van der Waals surface area contributed by atoms with Gasteiger partial charge in [0.05, 0.1) is 11.1 Å². The average molecular weight is 294 g/mol. The number of imidazole rings is 1. The maximum absolute atomic E-state index is 12.3. The summed E-state index contributed by atoms with van der Waals surface area (Å²) in [5.74, 6) is 0.886. The second-order valence-electron chi connectivity index (χ2n) is 5.51. The maximum atomic E-state index is 12.3. The Kier molecular flexibility index (Phi) is 3.87. The summed E-state index contributed by atoms with van der Waals surface area (Å²) in [6.45, 7) is 4.57. The third-order valence-electron chi connectivity index (χ3n) is 3.65. The molecule has 2 N–H and O–H groups in total. The monoisotopic (exact) mass is 294 g/mol. The quantitative estimate of drug-likeness (QED) is 0.777. The molecule has 0 fully saturated rings. The number of H-pyrrole nitrogens is 1. The molecule has 22 heavy (non-hydrogen) atoms. The number of hydrogen-bond donors (Lipinski definition) is 2. The number of benzene rings is 1. The van der Waals surface area contributed by atoms with Gasteiger partial charge in [-0.3, -0.25) is 9.78 Å². The van der Waals surface area contributed by atoms with Gasteiger partial charge in [-0.15, -0.1) is 0 Å². The van der Waals surface area contributed by atoms with E-state index in [1.54, 1.807) is 18.6 Å². The standard InChI is InChI=1S/C17H18N4O/c1-11-3-4-15-13(7-11)8-14(10-20-15)17(22)21-9-12(2)16-18-5-6-19-16/h3-8,10,12H,9H2,1-2H3,(H,18,19)(H,21,22). The molecule has 1 atom stereocenters. The molecular formula is C17H18N4O. The van der Waals surface area contributed by atoms with E-state index in [4.69, 9.17) is 0 Å². The fourth-order valence-corrected chi connectivity index (χ4v) is 2.37. The molecule has 0 bridgehead atoms. The second-order valence-corrected chi connectivity index (χ2v) is 5.51. The molecule has 2 aromatic heterocycles. The first kappa shape index (κ1) is 14.3. The zero-order valence-electron chi connectivity index (χ0n) is 12.6. The minimum Gasteiger partial charge on any atom is -0.351 e. The van der Waals surface area contributed by atoms with Crippen LogP contribution in [0.15, 0.2) is 42.9 Å². The summed E-state index contributed by atoms with van der Waals surface area (Å²) in [5, 5.41) is 3.91. The van der Waals surface area contributed by atoms with Crippen molar-refractivity contribution in [1.82, 2.24) is 20.3 Å². The Morgan fingerprint density at radius 3 is 2.95 bits per heavy atom. The van der Waals surface area contributed by atoms with Crippen molar-refractivity contribution >= 4 is 16.8 Å². The maximum Gasteiger partial charge on any atom is 0.252 e. The molecule has 3 rings (SSSR count). The normalized spacial score (nSPS) is 12.3. The minimum absolute atomic E-state index is 0.116. The first-order chi connectivity index (χ1) is 10.6. The fourth-order valence-electron chi connectivity index (χ4n) is 2.37. The molecule has 0 saturated heterocycles. The summed E-state index contributed by atoms with van der Waals surface area (Å²) in [5.41, 5.74) is 2.62. The highest BCUT2D eigenvalue weighted by Gasteiger charge is 2.11. The summed E-state index contributed by atoms with van der Waals surface area (Å²) in [6, 6.07) is 7.89. The minimum atomic E-state index is -0.116. The molecule has 0 radical (unpaired) electrons. The number of amides is 1. The zero-order chi connectivity index (χ0) is 15.5. The third kappa shape index (κ3) is 2.98. The van der Waals surface area contributed by atoms with Gasteiger partial charge in [-0.1, -0.05) is 18.6 Å². The SMILES string of the molecule is Cc1ccc2ncc(C(=O)NCC(C)c3ncc[nH]3)cc2c1. The first-order valence-electron chi connectivity index (χ1n) is 7.27. The number of aromatic nitrogens is 3. The van der Waals surface area contributed by atoms with E-state index < -0.39 is 0 Å². The lowest BCUT2D eigenvalue weighted by atomic mass is 10.1. The van der Waals surface area contributed by atoms with Crippen LogP contribution in [-0.2, 0) is 0 Å². The van der Waals surface area contributed by atoms with Gasteiger partial charge in [0.2, 0.25) is 0 Å². The number of hydrogen-bond acceptors (Lipinski definition) is 3. The zero-order valence-corrected chi connectivity index (χ0v) is 12.6. The van der Waals surface area contributed by atoms with Crippen LogP contribution in [0.25, 0.3) is 10.9 Å². The van der Waals surface area contributed by atoms with E-state index in [-0.39, 0.29) is 11.8 Å². The molecule has 112 valence electrons. The summed E-state index contributed by atoms with van der Waals surface area (Å²) in [6.07, 6.45) is 5.11. The van der Waals surface area contributed by atoms with E-state index in [2.05, 4.69) is 20.3 Å². The Labute approximate surface area is 128 Å². The lowest BCUT2D eigenvalue weighted by molar-refractivity contribution is 0.0951. The number of aryl methyl sites for hydroxylation is 1. The van der Waals surface area contributed by atoms with Crippen LogP contribution in [0.1, 0.15) is 34.6 Å². The Morgan fingerprint density at radius 2 is 2.18 bits per heavy atom. The molecule has 1 aromatic carbocycles. The molecular weight excluding hydrogens is 276 g/mol. The van der Waals surface area contributed by atoms with E-state index in [0.29, 0.717) is 12.1 Å². The smallest absolute Gasteiger partial charge is 0.252 e. The van der Waals surface area contributed by atoms with Crippen LogP contribution in [0.2, 0.25) is 0 Å². The van der Waals surface area contributed by atoms with Crippen LogP contribution in [0.5, 0.6) is 0 Å². The summed E-state index contributed by atoms with van der Waals surface area (Å²) >= 11 is 0. The average Bonchev–Trinajstić information content (AvgIpc) is 3.06. The predicted molar refractivity (Wildman–Crippen MR) is 85.8 cm³/mol. The number of aromatic amines is 1. The number of nitrogens with one attached hydrogen (secondary N) is 2. The van der Waals surface area contributed by atoms with Gasteiger partial charge >= 0.3 is 0 Å². The Morgan fingerprint density at radius 1 is 1.32 bits per heavy atom. The number of rotatable bonds is 4. The molecule has 0 aliphatic heterocycles. The van der Waals surface area contributed by atoms with Crippen molar-refractivity contribution in [3.05, 3.63) is 59.8 Å². The molecule has 0 aliphatic carbocycles. The Balaban J connectivity index is 1.72. The topological polar surface area (TPSA) is 70.7 Å². The van der Waals surface area contributed by atoms with Crippen LogP contribution in [-0.4, -0.2) is 27.4 Å². The van der Waals surface area contributed by atoms with Crippen molar-refractivity contribution < 1.29 is 4.79 Å². The summed E-state index contributed by atoms with van der Waals surface area (Å²) < 4.78 is 0. The molecule has 3 aromatic rings. The highest BCUT2D eigenvalue weighted by molar-refractivity contribution is 5.97. The fraction of sp³-hybridized carbons (Fsp3) is 0.235. The van der Waals surface area contributed by atoms with E-state index >= 15 is 0 Å². The first-order valence-corrected chi connectivity index (χ1v) is 7.27. The van der Waals surface area contributed by atoms with E-state index in [0.717, 1.165) is 22.3 Å². The molecule has 5 nitrogen and oxygen atoms in total. The van der Waals surface area contributed by atoms with Crippen molar-refractivity contribution in [2.24, 2.45) is 0 Å². The van der Waals surface area contributed by atoms with Crippen molar-refractivity contribution in [2.45, 2.75) is 19.8 Å². The van der Waals surface area contributed by atoms with Gasteiger partial charge in [0.1, 0.15) is 5.82 Å². The third-order valence-corrected chi connectivity index (χ3v) is 3.65. The Bertz CT molecular complexity index is 796. The number of carbonyl (C=O) groups excluding carboxylic acids is 1. The molecule has 5 heteroatoms. The lowest BCUT2D eigenvalue weighted by Crippen LogP contribution is -2.28. The van der Waals surface area contributed by atoms with Gasteiger partial charge in [0, 0.05) is 36.4 Å². The second kappa shape index (κ2) is 5.97. The van der Waals surface area contributed by atoms with Crippen molar-refractivity contribution in [2.75, 3.05) is 6.54 Å². The molecule has 0 spiro atoms. The van der Waals surface area contributed by atoms with Gasteiger partial charge < -0.3 is 10.3 Å². The molecule has 2 heterocycles. The molecule has 0 aliphatic rings. The van der Waals surface area contributed by atoms with Crippen LogP contribution in [0, 0.1) is 6.92 Å². The number of fused-ring (bicyclic) bond motifs is 1. The highest BCUT2D eigenvalue weighted by atomic mass is 16.1. The van der Waals surface area contributed by atoms with Crippen LogP contribution >= 0.6 is 0 Å².